The molecule has 0 bridgehead atoms. The van der Waals surface area contributed by atoms with Gasteiger partial charge >= 0.3 is 0 Å². The third-order valence-electron chi connectivity index (χ3n) is 1.74. The average molecular weight is 233 g/mol. The van der Waals surface area contributed by atoms with Gasteiger partial charge in [0.1, 0.15) is 0 Å². The van der Waals surface area contributed by atoms with Gasteiger partial charge in [0.15, 0.2) is 0 Å². The summed E-state index contributed by atoms with van der Waals surface area (Å²) in [4.78, 5) is 31.7. The lowest BCUT2D eigenvalue weighted by Gasteiger charge is -2.06. The van der Waals surface area contributed by atoms with Crippen molar-refractivity contribution in [3.8, 4) is 0 Å². The normalized spacial score (nSPS) is 10.1. The number of anilines is 1. The van der Waals surface area contributed by atoms with E-state index in [0.717, 1.165) is 6.08 Å². The molecule has 0 aliphatic heterocycles. The summed E-state index contributed by atoms with van der Waals surface area (Å²) in [6, 6.07) is 5.38. The van der Waals surface area contributed by atoms with Crippen molar-refractivity contribution in [2.75, 3.05) is 5.32 Å². The van der Waals surface area contributed by atoms with Crippen LogP contribution in [0.3, 0.4) is 0 Å². The van der Waals surface area contributed by atoms with E-state index in [9.17, 15) is 24.6 Å². The zero-order valence-electron chi connectivity index (χ0n) is 8.51. The predicted molar refractivity (Wildman–Crippen MR) is 53.5 cm³/mol. The van der Waals surface area contributed by atoms with Gasteiger partial charge < -0.3 is 25.1 Å². The molecule has 1 N–H and O–H groups in total. The van der Waals surface area contributed by atoms with E-state index in [1.807, 2.05) is 0 Å². The lowest BCUT2D eigenvalue weighted by Crippen LogP contribution is -2.22. The van der Waals surface area contributed by atoms with E-state index in [0.29, 0.717) is 6.08 Å². The number of aromatic carboxylic acids is 1. The smallest absolute Gasteiger partial charge is 0.248 e. The van der Waals surface area contributed by atoms with E-state index < -0.39 is 17.8 Å². The van der Waals surface area contributed by atoms with Crippen molar-refractivity contribution in [2.24, 2.45) is 0 Å². The van der Waals surface area contributed by atoms with Crippen LogP contribution in [-0.2, 0) is 9.59 Å². The Morgan fingerprint density at radius 1 is 1.12 bits per heavy atom. The quantitative estimate of drug-likeness (QED) is 0.623. The maximum absolute atomic E-state index is 11.1. The van der Waals surface area contributed by atoms with Crippen LogP contribution in [0.2, 0.25) is 0 Å². The molecule has 0 saturated heterocycles. The summed E-state index contributed by atoms with van der Waals surface area (Å²) in [7, 11) is 0. The second kappa shape index (κ2) is 5.45. The van der Waals surface area contributed by atoms with E-state index in [2.05, 4.69) is 5.32 Å². The number of carboxylic acids is 2. The van der Waals surface area contributed by atoms with E-state index >= 15 is 0 Å². The van der Waals surface area contributed by atoms with Gasteiger partial charge in [0.05, 0.1) is 11.9 Å². The van der Waals surface area contributed by atoms with Crippen LogP contribution in [0.5, 0.6) is 0 Å². The summed E-state index contributed by atoms with van der Waals surface area (Å²) < 4.78 is 0. The van der Waals surface area contributed by atoms with Crippen molar-refractivity contribution < 1.29 is 24.6 Å². The molecular weight excluding hydrogens is 226 g/mol. The number of aliphatic carboxylic acids is 1. The van der Waals surface area contributed by atoms with Crippen molar-refractivity contribution in [2.45, 2.75) is 0 Å². The fourth-order valence-corrected chi connectivity index (χ4v) is 1.05. The highest BCUT2D eigenvalue weighted by molar-refractivity contribution is 6.02. The molecule has 0 aromatic heterocycles. The largest absolute Gasteiger partial charge is 0.545 e. The Bertz CT molecular complexity index is 492. The molecule has 0 atom stereocenters. The van der Waals surface area contributed by atoms with Gasteiger partial charge in [-0.1, -0.05) is 12.1 Å². The van der Waals surface area contributed by atoms with Crippen molar-refractivity contribution in [1.29, 1.82) is 0 Å². The van der Waals surface area contributed by atoms with Crippen molar-refractivity contribution in [3.05, 3.63) is 42.0 Å². The number of carbonyl (C=O) groups excluding carboxylic acids is 3. The van der Waals surface area contributed by atoms with Gasteiger partial charge in [0.25, 0.3) is 0 Å². The molecule has 1 aromatic carbocycles. The third kappa shape index (κ3) is 4.17. The summed E-state index contributed by atoms with van der Waals surface area (Å²) in [6.07, 6.45) is 1.33. The van der Waals surface area contributed by atoms with Gasteiger partial charge in [-0.3, -0.25) is 4.79 Å². The van der Waals surface area contributed by atoms with Crippen molar-refractivity contribution in [3.63, 3.8) is 0 Å². The van der Waals surface area contributed by atoms with Crippen LogP contribution in [0.4, 0.5) is 5.69 Å². The average Bonchev–Trinajstić information content (AvgIpc) is 2.26. The second-order valence-electron chi connectivity index (χ2n) is 3.01. The van der Waals surface area contributed by atoms with Crippen molar-refractivity contribution in [1.82, 2.24) is 0 Å². The molecule has 1 rings (SSSR count). The first-order chi connectivity index (χ1) is 7.99. The summed E-state index contributed by atoms with van der Waals surface area (Å²) in [5, 5.41) is 22.9. The molecule has 0 aliphatic rings. The summed E-state index contributed by atoms with van der Waals surface area (Å²) in [5.41, 5.74) is 0.131. The Morgan fingerprint density at radius 2 is 1.82 bits per heavy atom. The first kappa shape index (κ1) is 12.4. The third-order valence-corrected chi connectivity index (χ3v) is 1.74. The lowest BCUT2D eigenvalue weighted by atomic mass is 10.2. The van der Waals surface area contributed by atoms with Crippen LogP contribution in [0.1, 0.15) is 10.4 Å². The fraction of sp³-hybridized carbons (Fsp3) is 0. The van der Waals surface area contributed by atoms with Crippen LogP contribution >= 0.6 is 0 Å². The molecule has 0 aliphatic carbocycles. The first-order valence-electron chi connectivity index (χ1n) is 4.50. The molecule has 0 radical (unpaired) electrons. The van der Waals surface area contributed by atoms with E-state index in [1.165, 1.54) is 24.3 Å². The summed E-state index contributed by atoms with van der Waals surface area (Å²) in [6.45, 7) is 0. The monoisotopic (exact) mass is 233 g/mol. The van der Waals surface area contributed by atoms with Gasteiger partial charge in [-0.2, -0.15) is 0 Å². The molecular formula is C11H7NO5-2. The minimum absolute atomic E-state index is 0.0910. The maximum Gasteiger partial charge on any atom is 0.248 e. The number of benzene rings is 1. The summed E-state index contributed by atoms with van der Waals surface area (Å²) >= 11 is 0. The standard InChI is InChI=1S/C11H9NO5/c13-9(4-5-10(14)15)12-8-3-1-2-7(6-8)11(16)17/h1-6H,(H,12,13)(H,14,15)(H,16,17)/p-2/b5-4+. The second-order valence-corrected chi connectivity index (χ2v) is 3.01. The predicted octanol–water partition coefficient (Wildman–Crippen LogP) is -1.71. The molecule has 88 valence electrons. The highest BCUT2D eigenvalue weighted by Gasteiger charge is 1.99. The minimum atomic E-state index is -1.50. The molecule has 0 fully saturated rings. The van der Waals surface area contributed by atoms with Crippen LogP contribution in [0.25, 0.3) is 0 Å². The Kier molecular flexibility index (Phi) is 3.99. The van der Waals surface area contributed by atoms with Crippen LogP contribution in [0, 0.1) is 0 Å². The number of carbonyl (C=O) groups is 3. The van der Waals surface area contributed by atoms with Crippen LogP contribution < -0.4 is 15.5 Å². The molecule has 1 aromatic rings. The van der Waals surface area contributed by atoms with E-state index in [1.54, 1.807) is 0 Å². The molecule has 6 heteroatoms. The maximum atomic E-state index is 11.1. The Labute approximate surface area is 96.2 Å². The topological polar surface area (TPSA) is 109 Å². The molecule has 0 unspecified atom stereocenters. The zero-order valence-corrected chi connectivity index (χ0v) is 8.51. The van der Waals surface area contributed by atoms with E-state index in [-0.39, 0.29) is 11.3 Å². The van der Waals surface area contributed by atoms with Gasteiger partial charge in [0, 0.05) is 11.8 Å². The molecule has 1 amide bonds. The number of amides is 1. The number of carboxylic acid groups (broad SMARTS) is 2. The zero-order chi connectivity index (χ0) is 12.8. The van der Waals surface area contributed by atoms with Crippen LogP contribution in [-0.4, -0.2) is 17.8 Å². The number of hydrogen-bond acceptors (Lipinski definition) is 5. The van der Waals surface area contributed by atoms with Gasteiger partial charge in [-0.15, -0.1) is 0 Å². The lowest BCUT2D eigenvalue weighted by molar-refractivity contribution is -0.297. The van der Waals surface area contributed by atoms with Crippen LogP contribution in [0.15, 0.2) is 36.4 Å². The number of nitrogens with one attached hydrogen (secondary N) is 1. The Balaban J connectivity index is 2.75. The molecule has 17 heavy (non-hydrogen) atoms. The Morgan fingerprint density at radius 3 is 2.41 bits per heavy atom. The number of rotatable bonds is 4. The SMILES string of the molecule is O=C([O-])/C=C/C(=O)Nc1cccc(C(=O)[O-])c1. The van der Waals surface area contributed by atoms with Gasteiger partial charge in [-0.05, 0) is 23.8 Å². The molecule has 6 nitrogen and oxygen atoms in total. The summed E-state index contributed by atoms with van der Waals surface area (Å²) in [5.74, 6) is -3.57. The first-order valence-corrected chi connectivity index (χ1v) is 4.50. The highest BCUT2D eigenvalue weighted by Crippen LogP contribution is 2.09. The molecule has 0 heterocycles. The van der Waals surface area contributed by atoms with Gasteiger partial charge in [-0.25, -0.2) is 0 Å². The minimum Gasteiger partial charge on any atom is -0.545 e. The molecule has 0 saturated carbocycles. The van der Waals surface area contributed by atoms with Gasteiger partial charge in [0.2, 0.25) is 5.91 Å². The molecule has 0 spiro atoms. The van der Waals surface area contributed by atoms with Crippen molar-refractivity contribution >= 4 is 23.5 Å². The number of hydrogen-bond donors (Lipinski definition) is 1. The van der Waals surface area contributed by atoms with E-state index in [4.69, 9.17) is 0 Å². The fourth-order valence-electron chi connectivity index (χ4n) is 1.05. The highest BCUT2D eigenvalue weighted by atomic mass is 16.4. The Hall–Kier alpha value is -2.63.